The van der Waals surface area contributed by atoms with Crippen LogP contribution in [-0.4, -0.2) is 25.8 Å². The fourth-order valence-corrected chi connectivity index (χ4v) is 2.91. The summed E-state index contributed by atoms with van der Waals surface area (Å²) in [5.74, 6) is 0.808. The monoisotopic (exact) mass is 293 g/mol. The maximum absolute atomic E-state index is 6.08. The maximum Gasteiger partial charge on any atom is 0.226 e. The van der Waals surface area contributed by atoms with Gasteiger partial charge in [-0.15, -0.1) is 0 Å². The highest BCUT2D eigenvalue weighted by atomic mass is 35.5. The van der Waals surface area contributed by atoms with Crippen LogP contribution in [0, 0.1) is 0 Å². The lowest BCUT2D eigenvalue weighted by Crippen LogP contribution is -2.23. The number of fused-ring (bicyclic) bond motifs is 1. The SMILES string of the molecule is CC(C)(C)n1ncc2c(NC3CCCC3)nc(Cl)nc21. The van der Waals surface area contributed by atoms with E-state index in [1.165, 1.54) is 25.7 Å². The van der Waals surface area contributed by atoms with E-state index < -0.39 is 0 Å². The first-order chi connectivity index (χ1) is 9.45. The number of halogens is 1. The molecule has 1 N–H and O–H groups in total. The van der Waals surface area contributed by atoms with Crippen molar-refractivity contribution in [1.29, 1.82) is 0 Å². The van der Waals surface area contributed by atoms with Crippen LogP contribution >= 0.6 is 11.6 Å². The third-order valence-electron chi connectivity index (χ3n) is 3.73. The first kappa shape index (κ1) is 13.6. The Labute approximate surface area is 123 Å². The van der Waals surface area contributed by atoms with Crippen molar-refractivity contribution in [3.05, 3.63) is 11.5 Å². The van der Waals surface area contributed by atoms with Crippen molar-refractivity contribution in [3.8, 4) is 0 Å². The molecule has 0 bridgehead atoms. The predicted octanol–water partition coefficient (Wildman–Crippen LogP) is 3.59. The molecule has 0 aliphatic heterocycles. The lowest BCUT2D eigenvalue weighted by atomic mass is 10.1. The van der Waals surface area contributed by atoms with Crippen LogP contribution in [0.5, 0.6) is 0 Å². The number of anilines is 1. The second kappa shape index (κ2) is 4.88. The van der Waals surface area contributed by atoms with E-state index in [4.69, 9.17) is 11.6 Å². The van der Waals surface area contributed by atoms with Gasteiger partial charge in [-0.25, -0.2) is 4.68 Å². The molecule has 1 aliphatic rings. The van der Waals surface area contributed by atoms with E-state index in [-0.39, 0.29) is 10.8 Å². The smallest absolute Gasteiger partial charge is 0.226 e. The van der Waals surface area contributed by atoms with Crippen LogP contribution in [0.1, 0.15) is 46.5 Å². The summed E-state index contributed by atoms with van der Waals surface area (Å²) in [6, 6.07) is 0.488. The first-order valence-corrected chi connectivity index (χ1v) is 7.51. The van der Waals surface area contributed by atoms with Crippen LogP contribution in [0.4, 0.5) is 5.82 Å². The van der Waals surface area contributed by atoms with Gasteiger partial charge in [0.15, 0.2) is 5.65 Å². The van der Waals surface area contributed by atoms with Crippen molar-refractivity contribution < 1.29 is 0 Å². The molecule has 1 aliphatic carbocycles. The molecule has 0 aromatic carbocycles. The predicted molar refractivity (Wildman–Crippen MR) is 81.2 cm³/mol. The number of rotatable bonds is 2. The van der Waals surface area contributed by atoms with Gasteiger partial charge in [-0.2, -0.15) is 15.1 Å². The highest BCUT2D eigenvalue weighted by molar-refractivity contribution is 6.28. The maximum atomic E-state index is 6.08. The molecular formula is C14H20ClN5. The zero-order valence-electron chi connectivity index (χ0n) is 12.1. The Morgan fingerprint density at radius 2 is 1.95 bits per heavy atom. The van der Waals surface area contributed by atoms with Gasteiger partial charge in [0, 0.05) is 6.04 Å². The molecule has 0 unspecified atom stereocenters. The van der Waals surface area contributed by atoms with Crippen LogP contribution < -0.4 is 5.32 Å². The fourth-order valence-electron chi connectivity index (χ4n) is 2.75. The van der Waals surface area contributed by atoms with E-state index in [1.54, 1.807) is 0 Å². The number of aromatic nitrogens is 4. The summed E-state index contributed by atoms with van der Waals surface area (Å²) in [6.45, 7) is 6.29. The molecule has 2 aromatic rings. The molecule has 6 heteroatoms. The Morgan fingerprint density at radius 3 is 2.60 bits per heavy atom. The van der Waals surface area contributed by atoms with Crippen molar-refractivity contribution in [3.63, 3.8) is 0 Å². The molecule has 1 saturated carbocycles. The Bertz CT molecular complexity index is 622. The highest BCUT2D eigenvalue weighted by Crippen LogP contribution is 2.29. The highest BCUT2D eigenvalue weighted by Gasteiger charge is 2.22. The van der Waals surface area contributed by atoms with Crippen molar-refractivity contribution in [2.24, 2.45) is 0 Å². The Kier molecular flexibility index (Phi) is 3.32. The first-order valence-electron chi connectivity index (χ1n) is 7.13. The quantitative estimate of drug-likeness (QED) is 0.860. The molecule has 108 valence electrons. The molecule has 2 heterocycles. The summed E-state index contributed by atoms with van der Waals surface area (Å²) in [7, 11) is 0. The minimum absolute atomic E-state index is 0.135. The molecule has 0 amide bonds. The van der Waals surface area contributed by atoms with Gasteiger partial charge in [0.05, 0.1) is 17.1 Å². The number of hydrogen-bond donors (Lipinski definition) is 1. The standard InChI is InChI=1S/C14H20ClN5/c1-14(2,3)20-12-10(8-16-20)11(18-13(15)19-12)17-9-6-4-5-7-9/h8-9H,4-7H2,1-3H3,(H,17,18,19). The van der Waals surface area contributed by atoms with Crippen LogP contribution in [-0.2, 0) is 5.54 Å². The van der Waals surface area contributed by atoms with Crippen molar-refractivity contribution >= 4 is 28.5 Å². The zero-order chi connectivity index (χ0) is 14.3. The molecule has 0 saturated heterocycles. The summed E-state index contributed by atoms with van der Waals surface area (Å²) >= 11 is 6.08. The van der Waals surface area contributed by atoms with Gasteiger partial charge in [-0.05, 0) is 45.2 Å². The molecular weight excluding hydrogens is 274 g/mol. The number of nitrogens with one attached hydrogen (secondary N) is 1. The average molecular weight is 294 g/mol. The molecule has 0 atom stereocenters. The van der Waals surface area contributed by atoms with Crippen LogP contribution in [0.25, 0.3) is 11.0 Å². The van der Waals surface area contributed by atoms with Crippen molar-refractivity contribution in [2.75, 3.05) is 5.32 Å². The molecule has 0 spiro atoms. The number of hydrogen-bond acceptors (Lipinski definition) is 4. The van der Waals surface area contributed by atoms with Gasteiger partial charge in [-0.1, -0.05) is 12.8 Å². The molecule has 2 aromatic heterocycles. The topological polar surface area (TPSA) is 55.6 Å². The summed E-state index contributed by atoms with van der Waals surface area (Å²) in [5.41, 5.74) is 0.655. The second-order valence-corrected chi connectivity index (χ2v) is 6.77. The third kappa shape index (κ3) is 2.46. The van der Waals surface area contributed by atoms with Gasteiger partial charge in [0.2, 0.25) is 5.28 Å². The van der Waals surface area contributed by atoms with Gasteiger partial charge in [0.25, 0.3) is 0 Å². The Balaban J connectivity index is 2.06. The fraction of sp³-hybridized carbons (Fsp3) is 0.643. The largest absolute Gasteiger partial charge is 0.367 e. The average Bonchev–Trinajstić information content (AvgIpc) is 2.95. The van der Waals surface area contributed by atoms with Crippen molar-refractivity contribution in [2.45, 2.75) is 58.0 Å². The minimum atomic E-state index is -0.135. The van der Waals surface area contributed by atoms with E-state index in [2.05, 4.69) is 41.2 Å². The van der Waals surface area contributed by atoms with Gasteiger partial charge in [-0.3, -0.25) is 0 Å². The molecule has 0 radical (unpaired) electrons. The second-order valence-electron chi connectivity index (χ2n) is 6.43. The van der Waals surface area contributed by atoms with E-state index >= 15 is 0 Å². The van der Waals surface area contributed by atoms with Crippen LogP contribution in [0.2, 0.25) is 5.28 Å². The molecule has 1 fully saturated rings. The molecule has 20 heavy (non-hydrogen) atoms. The lowest BCUT2D eigenvalue weighted by Gasteiger charge is -2.20. The van der Waals surface area contributed by atoms with Gasteiger partial charge in [0.1, 0.15) is 5.82 Å². The normalized spacial score (nSPS) is 17.0. The van der Waals surface area contributed by atoms with E-state index in [0.29, 0.717) is 6.04 Å². The zero-order valence-corrected chi connectivity index (χ0v) is 12.9. The van der Waals surface area contributed by atoms with Crippen molar-refractivity contribution in [1.82, 2.24) is 19.7 Å². The van der Waals surface area contributed by atoms with Gasteiger partial charge < -0.3 is 5.32 Å². The summed E-state index contributed by atoms with van der Waals surface area (Å²) < 4.78 is 1.90. The molecule has 3 rings (SSSR count). The van der Waals surface area contributed by atoms with Crippen LogP contribution in [0.3, 0.4) is 0 Å². The van der Waals surface area contributed by atoms with Gasteiger partial charge >= 0.3 is 0 Å². The Morgan fingerprint density at radius 1 is 1.25 bits per heavy atom. The van der Waals surface area contributed by atoms with E-state index in [0.717, 1.165) is 16.9 Å². The summed E-state index contributed by atoms with van der Waals surface area (Å²) in [5, 5.41) is 9.17. The summed E-state index contributed by atoms with van der Waals surface area (Å²) in [6.07, 6.45) is 6.77. The minimum Gasteiger partial charge on any atom is -0.367 e. The van der Waals surface area contributed by atoms with E-state index in [9.17, 15) is 0 Å². The lowest BCUT2D eigenvalue weighted by molar-refractivity contribution is 0.366. The van der Waals surface area contributed by atoms with Crippen LogP contribution in [0.15, 0.2) is 6.20 Å². The third-order valence-corrected chi connectivity index (χ3v) is 3.90. The summed E-state index contributed by atoms with van der Waals surface area (Å²) in [4.78, 5) is 8.70. The molecule has 5 nitrogen and oxygen atoms in total. The Hall–Kier alpha value is -1.36. The van der Waals surface area contributed by atoms with E-state index in [1.807, 2.05) is 10.9 Å². The number of nitrogens with zero attached hydrogens (tertiary/aromatic N) is 4.